The molecule has 0 aromatic heterocycles. The van der Waals surface area contributed by atoms with E-state index in [1.54, 1.807) is 0 Å². The van der Waals surface area contributed by atoms with Crippen LogP contribution >= 0.6 is 0 Å². The molecule has 7 heteroatoms. The highest BCUT2D eigenvalue weighted by Crippen LogP contribution is 2.07. The Morgan fingerprint density at radius 1 is 1.71 bits per heavy atom. The number of alkyl halides is 1. The van der Waals surface area contributed by atoms with Gasteiger partial charge in [0, 0.05) is 24.8 Å². The number of nitrogens with one attached hydrogen (secondary N) is 1. The molecule has 0 radical (unpaired) electrons. The van der Waals surface area contributed by atoms with Crippen LogP contribution in [0.3, 0.4) is 0 Å². The van der Waals surface area contributed by atoms with Gasteiger partial charge >= 0.3 is 0 Å². The van der Waals surface area contributed by atoms with Crippen molar-refractivity contribution in [1.29, 1.82) is 0 Å². The number of aliphatic hydroxyl groups is 1. The summed E-state index contributed by atoms with van der Waals surface area (Å²) in [4.78, 5) is 20.3. The number of aliphatic hydroxyl groups excluding tert-OH is 1. The number of hydrogen-bond acceptors (Lipinski definition) is 4. The van der Waals surface area contributed by atoms with Crippen molar-refractivity contribution in [2.75, 3.05) is 13.7 Å². The first-order chi connectivity index (χ1) is 6.52. The average molecular weight is 208 g/mol. The van der Waals surface area contributed by atoms with E-state index in [2.05, 4.69) is 5.32 Å². The van der Waals surface area contributed by atoms with Gasteiger partial charge in [-0.05, 0) is 0 Å². The standard InChI is InChI=1S/C7H13FN2O4/c1-9-7(12)3-2-5(10(13)14)6(11)4-8/h5-6,11H,2-4H2,1H3,(H,9,12). The lowest BCUT2D eigenvalue weighted by atomic mass is 10.1. The lowest BCUT2D eigenvalue weighted by Crippen LogP contribution is -2.36. The Labute approximate surface area is 80.3 Å². The number of carbonyl (C=O) groups excluding carboxylic acids is 1. The molecule has 0 aromatic carbocycles. The number of halogens is 1. The van der Waals surface area contributed by atoms with Crippen molar-refractivity contribution in [3.8, 4) is 0 Å². The largest absolute Gasteiger partial charge is 0.383 e. The predicted molar refractivity (Wildman–Crippen MR) is 46.1 cm³/mol. The molecule has 0 spiro atoms. The monoisotopic (exact) mass is 208 g/mol. The Bertz CT molecular complexity index is 212. The highest BCUT2D eigenvalue weighted by molar-refractivity contribution is 5.75. The van der Waals surface area contributed by atoms with Gasteiger partial charge in [-0.15, -0.1) is 0 Å². The normalized spacial score (nSPS) is 14.5. The van der Waals surface area contributed by atoms with E-state index in [1.807, 2.05) is 0 Å². The van der Waals surface area contributed by atoms with Crippen molar-refractivity contribution >= 4 is 5.91 Å². The summed E-state index contributed by atoms with van der Waals surface area (Å²) < 4.78 is 11.9. The Balaban J connectivity index is 4.10. The topological polar surface area (TPSA) is 92.5 Å². The molecule has 2 unspecified atom stereocenters. The van der Waals surface area contributed by atoms with Crippen molar-refractivity contribution in [2.45, 2.75) is 25.0 Å². The zero-order chi connectivity index (χ0) is 11.1. The van der Waals surface area contributed by atoms with E-state index in [9.17, 15) is 19.3 Å². The summed E-state index contributed by atoms with van der Waals surface area (Å²) in [7, 11) is 1.40. The minimum atomic E-state index is -1.64. The molecule has 0 bridgehead atoms. The van der Waals surface area contributed by atoms with E-state index in [0.717, 1.165) is 0 Å². The number of nitrogens with zero attached hydrogens (tertiary/aromatic N) is 1. The molecule has 6 nitrogen and oxygen atoms in total. The van der Waals surface area contributed by atoms with Gasteiger partial charge < -0.3 is 10.4 Å². The fourth-order valence-electron chi connectivity index (χ4n) is 0.945. The molecular formula is C7H13FN2O4. The Morgan fingerprint density at radius 3 is 2.64 bits per heavy atom. The van der Waals surface area contributed by atoms with E-state index in [4.69, 9.17) is 5.11 Å². The highest BCUT2D eigenvalue weighted by atomic mass is 19.1. The first kappa shape index (κ1) is 12.8. The van der Waals surface area contributed by atoms with Crippen LogP contribution in [-0.2, 0) is 4.79 Å². The third kappa shape index (κ3) is 4.13. The molecule has 0 fully saturated rings. The second-order valence-electron chi connectivity index (χ2n) is 2.79. The van der Waals surface area contributed by atoms with Gasteiger partial charge in [-0.1, -0.05) is 0 Å². The van der Waals surface area contributed by atoms with Crippen molar-refractivity contribution in [1.82, 2.24) is 5.32 Å². The van der Waals surface area contributed by atoms with Gasteiger partial charge in [0.1, 0.15) is 12.8 Å². The molecular weight excluding hydrogens is 195 g/mol. The van der Waals surface area contributed by atoms with Crippen LogP contribution in [0.1, 0.15) is 12.8 Å². The Hall–Kier alpha value is -1.24. The second-order valence-corrected chi connectivity index (χ2v) is 2.79. The van der Waals surface area contributed by atoms with Crippen LogP contribution in [0, 0.1) is 10.1 Å². The molecule has 0 saturated carbocycles. The van der Waals surface area contributed by atoms with Gasteiger partial charge in [0.2, 0.25) is 11.9 Å². The predicted octanol–water partition coefficient (Wildman–Crippen LogP) is -0.512. The SMILES string of the molecule is CNC(=O)CCC(C(O)CF)[N+](=O)[O-]. The van der Waals surface area contributed by atoms with Gasteiger partial charge in [-0.3, -0.25) is 14.9 Å². The fourth-order valence-corrected chi connectivity index (χ4v) is 0.945. The van der Waals surface area contributed by atoms with E-state index >= 15 is 0 Å². The molecule has 2 atom stereocenters. The van der Waals surface area contributed by atoms with Gasteiger partial charge in [-0.25, -0.2) is 4.39 Å². The third-order valence-electron chi connectivity index (χ3n) is 1.82. The van der Waals surface area contributed by atoms with Crippen LogP contribution in [0.4, 0.5) is 4.39 Å². The molecule has 0 heterocycles. The van der Waals surface area contributed by atoms with Gasteiger partial charge in [0.05, 0.1) is 0 Å². The second kappa shape index (κ2) is 6.25. The maximum Gasteiger partial charge on any atom is 0.241 e. The zero-order valence-electron chi connectivity index (χ0n) is 7.77. The summed E-state index contributed by atoms with van der Waals surface area (Å²) in [6.07, 6.45) is -1.91. The summed E-state index contributed by atoms with van der Waals surface area (Å²) in [6, 6.07) is -1.42. The Kier molecular flexibility index (Phi) is 5.70. The number of carbonyl (C=O) groups is 1. The Morgan fingerprint density at radius 2 is 2.29 bits per heavy atom. The van der Waals surface area contributed by atoms with E-state index in [-0.39, 0.29) is 18.7 Å². The van der Waals surface area contributed by atoms with Crippen molar-refractivity contribution in [3.05, 3.63) is 10.1 Å². The highest BCUT2D eigenvalue weighted by Gasteiger charge is 2.29. The van der Waals surface area contributed by atoms with Crippen LogP contribution in [0.25, 0.3) is 0 Å². The van der Waals surface area contributed by atoms with Crippen molar-refractivity contribution in [2.24, 2.45) is 0 Å². The van der Waals surface area contributed by atoms with Crippen LogP contribution in [0.5, 0.6) is 0 Å². The zero-order valence-corrected chi connectivity index (χ0v) is 7.77. The first-order valence-corrected chi connectivity index (χ1v) is 4.11. The molecule has 0 aliphatic carbocycles. The summed E-state index contributed by atoms with van der Waals surface area (Å²) >= 11 is 0. The molecule has 82 valence electrons. The van der Waals surface area contributed by atoms with Crippen LogP contribution in [-0.4, -0.2) is 41.8 Å². The van der Waals surface area contributed by atoms with E-state index in [1.165, 1.54) is 7.05 Å². The minimum absolute atomic E-state index is 0.0980. The van der Waals surface area contributed by atoms with Crippen molar-refractivity contribution < 1.29 is 19.2 Å². The summed E-state index contributed by atoms with van der Waals surface area (Å²) in [5.74, 6) is -0.372. The van der Waals surface area contributed by atoms with Crippen molar-refractivity contribution in [3.63, 3.8) is 0 Å². The molecule has 1 amide bonds. The number of rotatable bonds is 6. The lowest BCUT2D eigenvalue weighted by molar-refractivity contribution is -0.535. The molecule has 2 N–H and O–H groups in total. The molecule has 14 heavy (non-hydrogen) atoms. The minimum Gasteiger partial charge on any atom is -0.383 e. The molecule has 0 aliphatic heterocycles. The summed E-state index contributed by atoms with van der Waals surface area (Å²) in [5.41, 5.74) is 0. The van der Waals surface area contributed by atoms with Gasteiger partial charge in [-0.2, -0.15) is 0 Å². The molecule has 0 aromatic rings. The number of nitro groups is 1. The van der Waals surface area contributed by atoms with Crippen LogP contribution in [0.2, 0.25) is 0 Å². The molecule has 0 rings (SSSR count). The van der Waals surface area contributed by atoms with Gasteiger partial charge in [0.15, 0.2) is 0 Å². The maximum absolute atomic E-state index is 11.9. The van der Waals surface area contributed by atoms with E-state index < -0.39 is 23.7 Å². The maximum atomic E-state index is 11.9. The molecule has 0 saturated heterocycles. The quantitative estimate of drug-likeness (QED) is 0.454. The third-order valence-corrected chi connectivity index (χ3v) is 1.82. The van der Waals surface area contributed by atoms with Crippen LogP contribution < -0.4 is 5.32 Å². The number of amides is 1. The van der Waals surface area contributed by atoms with Gasteiger partial charge in [0.25, 0.3) is 0 Å². The lowest BCUT2D eigenvalue weighted by Gasteiger charge is -2.12. The van der Waals surface area contributed by atoms with Crippen LogP contribution in [0.15, 0.2) is 0 Å². The number of hydrogen-bond donors (Lipinski definition) is 2. The summed E-state index contributed by atoms with van der Waals surface area (Å²) in [5, 5.41) is 21.6. The first-order valence-electron chi connectivity index (χ1n) is 4.11. The fraction of sp³-hybridized carbons (Fsp3) is 0.857. The average Bonchev–Trinajstić information content (AvgIpc) is 2.16. The summed E-state index contributed by atoms with van der Waals surface area (Å²) in [6.45, 7) is -1.18. The smallest absolute Gasteiger partial charge is 0.241 e. The van der Waals surface area contributed by atoms with E-state index in [0.29, 0.717) is 0 Å². The molecule has 0 aliphatic rings.